The van der Waals surface area contributed by atoms with Gasteiger partial charge in [0.2, 0.25) is 0 Å². The molecule has 1 saturated carbocycles. The summed E-state index contributed by atoms with van der Waals surface area (Å²) >= 11 is 0. The average molecular weight is 378 g/mol. The van der Waals surface area contributed by atoms with Gasteiger partial charge in [0.15, 0.2) is 0 Å². The second-order valence-electron chi connectivity index (χ2n) is 9.21. The number of nitrogens with one attached hydrogen (secondary N) is 1. The minimum atomic E-state index is 0.634. The molecule has 2 fully saturated rings. The van der Waals surface area contributed by atoms with Crippen LogP contribution in [-0.4, -0.2) is 44.3 Å². The topological polar surface area (TPSA) is 49.7 Å². The molecule has 5 heteroatoms. The van der Waals surface area contributed by atoms with Crippen LogP contribution in [0.15, 0.2) is 30.9 Å². The molecule has 28 heavy (non-hydrogen) atoms. The molecule has 5 rings (SSSR count). The lowest BCUT2D eigenvalue weighted by atomic mass is 10.0. The fourth-order valence-corrected chi connectivity index (χ4v) is 4.79. The highest BCUT2D eigenvalue weighted by Gasteiger charge is 2.38. The van der Waals surface area contributed by atoms with E-state index in [1.807, 2.05) is 12.4 Å². The van der Waals surface area contributed by atoms with Crippen LogP contribution < -0.4 is 0 Å². The van der Waals surface area contributed by atoms with Crippen LogP contribution in [0, 0.1) is 17.8 Å². The Hall–Kier alpha value is -2.14. The number of likely N-dealkylation sites (tertiary alicyclic amines) is 1. The van der Waals surface area contributed by atoms with Crippen LogP contribution >= 0.6 is 0 Å². The predicted octanol–water partition coefficient (Wildman–Crippen LogP) is 4.36. The van der Waals surface area contributed by atoms with Gasteiger partial charge in [-0.25, -0.2) is 4.98 Å². The maximum absolute atomic E-state index is 4.64. The first-order chi connectivity index (χ1) is 13.7. The van der Waals surface area contributed by atoms with Gasteiger partial charge in [-0.05, 0) is 68.2 Å². The fourth-order valence-electron chi connectivity index (χ4n) is 4.79. The van der Waals surface area contributed by atoms with Gasteiger partial charge in [-0.3, -0.25) is 4.68 Å². The number of hydrogen-bond donors (Lipinski definition) is 1. The Bertz CT molecular complexity index is 941. The van der Waals surface area contributed by atoms with Gasteiger partial charge >= 0.3 is 0 Å². The normalized spacial score (nSPS) is 22.5. The first-order valence-corrected chi connectivity index (χ1v) is 10.9. The molecule has 1 aliphatic heterocycles. The van der Waals surface area contributed by atoms with Crippen LogP contribution in [0.2, 0.25) is 0 Å². The third-order valence-electron chi connectivity index (χ3n) is 6.52. The summed E-state index contributed by atoms with van der Waals surface area (Å²) in [4.78, 5) is 10.6. The van der Waals surface area contributed by atoms with Gasteiger partial charge in [-0.15, -0.1) is 0 Å². The second-order valence-corrected chi connectivity index (χ2v) is 9.21. The van der Waals surface area contributed by atoms with Gasteiger partial charge < -0.3 is 9.88 Å². The standard InChI is InChI=1S/C23H31N5/c1-16(2)9-17-10-21-22(14-25-23(21)24-12-17)20-13-26-28(15-20)8-7-27-5-3-18-11-19(18)4-6-27/h10,12-16,18-19H,3-9,11H2,1-2H3,(H,24,25)/t18-,19?/m1/s1. The van der Waals surface area contributed by atoms with Crippen molar-refractivity contribution in [2.24, 2.45) is 17.8 Å². The zero-order chi connectivity index (χ0) is 19.1. The molecule has 2 aliphatic rings. The van der Waals surface area contributed by atoms with Crippen molar-refractivity contribution in [3.05, 3.63) is 36.4 Å². The Morgan fingerprint density at radius 1 is 1.14 bits per heavy atom. The minimum Gasteiger partial charge on any atom is -0.346 e. The van der Waals surface area contributed by atoms with Crippen LogP contribution in [0.5, 0.6) is 0 Å². The number of aromatic nitrogens is 4. The predicted molar refractivity (Wildman–Crippen MR) is 113 cm³/mol. The molecule has 2 atom stereocenters. The number of nitrogens with zero attached hydrogens (tertiary/aromatic N) is 4. The highest BCUT2D eigenvalue weighted by Crippen LogP contribution is 2.45. The Kier molecular flexibility index (Phi) is 4.71. The average Bonchev–Trinajstić information content (AvgIpc) is 3.10. The molecule has 5 nitrogen and oxygen atoms in total. The van der Waals surface area contributed by atoms with Crippen molar-refractivity contribution in [3.63, 3.8) is 0 Å². The molecular formula is C23H31N5. The first kappa shape index (κ1) is 17.9. The summed E-state index contributed by atoms with van der Waals surface area (Å²) < 4.78 is 2.10. The Balaban J connectivity index is 1.28. The molecule has 1 saturated heterocycles. The number of fused-ring (bicyclic) bond motifs is 2. The van der Waals surface area contributed by atoms with Gasteiger partial charge in [0.25, 0.3) is 0 Å². The van der Waals surface area contributed by atoms with Crippen LogP contribution in [-0.2, 0) is 13.0 Å². The van der Waals surface area contributed by atoms with Crippen molar-refractivity contribution in [3.8, 4) is 11.1 Å². The third kappa shape index (κ3) is 3.72. The van der Waals surface area contributed by atoms with Crippen LogP contribution in [0.1, 0.15) is 38.7 Å². The lowest BCUT2D eigenvalue weighted by Crippen LogP contribution is -2.29. The number of aromatic amines is 1. The van der Waals surface area contributed by atoms with Crippen LogP contribution in [0.25, 0.3) is 22.2 Å². The number of pyridine rings is 1. The number of hydrogen-bond acceptors (Lipinski definition) is 3. The van der Waals surface area contributed by atoms with E-state index in [2.05, 4.69) is 57.0 Å². The highest BCUT2D eigenvalue weighted by molar-refractivity contribution is 5.93. The second kappa shape index (κ2) is 7.36. The maximum atomic E-state index is 4.64. The summed E-state index contributed by atoms with van der Waals surface area (Å²) in [5.74, 6) is 2.71. The molecule has 0 aromatic carbocycles. The molecule has 3 aromatic heterocycles. The molecule has 148 valence electrons. The molecule has 0 radical (unpaired) electrons. The van der Waals surface area contributed by atoms with Crippen molar-refractivity contribution < 1.29 is 0 Å². The quantitative estimate of drug-likeness (QED) is 0.694. The van der Waals surface area contributed by atoms with Gasteiger partial charge in [-0.1, -0.05) is 13.8 Å². The lowest BCUT2D eigenvalue weighted by molar-refractivity contribution is 0.260. The number of H-pyrrole nitrogens is 1. The first-order valence-electron chi connectivity index (χ1n) is 10.9. The van der Waals surface area contributed by atoms with Crippen molar-refractivity contribution in [2.75, 3.05) is 19.6 Å². The highest BCUT2D eigenvalue weighted by atomic mass is 15.3. The van der Waals surface area contributed by atoms with Gasteiger partial charge in [0, 0.05) is 41.6 Å². The summed E-state index contributed by atoms with van der Waals surface area (Å²) in [6, 6.07) is 2.29. The number of rotatable bonds is 6. The molecule has 0 bridgehead atoms. The van der Waals surface area contributed by atoms with E-state index in [9.17, 15) is 0 Å². The smallest absolute Gasteiger partial charge is 0.137 e. The Morgan fingerprint density at radius 3 is 2.75 bits per heavy atom. The maximum Gasteiger partial charge on any atom is 0.137 e. The summed E-state index contributed by atoms with van der Waals surface area (Å²) in [6.07, 6.45) is 13.6. The van der Waals surface area contributed by atoms with E-state index in [0.29, 0.717) is 5.92 Å². The summed E-state index contributed by atoms with van der Waals surface area (Å²) in [5, 5.41) is 5.84. The lowest BCUT2D eigenvalue weighted by Gasteiger charge is -2.20. The molecule has 1 N–H and O–H groups in total. The fraction of sp³-hybridized carbons (Fsp3) is 0.565. The molecule has 3 aromatic rings. The summed E-state index contributed by atoms with van der Waals surface area (Å²) in [6.45, 7) is 9.10. The molecule has 1 unspecified atom stereocenters. The van der Waals surface area contributed by atoms with Gasteiger partial charge in [0.05, 0.1) is 12.7 Å². The van der Waals surface area contributed by atoms with Crippen molar-refractivity contribution in [1.82, 2.24) is 24.6 Å². The van der Waals surface area contributed by atoms with E-state index in [4.69, 9.17) is 0 Å². The summed E-state index contributed by atoms with van der Waals surface area (Å²) in [5.41, 5.74) is 4.63. The van der Waals surface area contributed by atoms with Crippen LogP contribution in [0.3, 0.4) is 0 Å². The molecule has 0 spiro atoms. The van der Waals surface area contributed by atoms with Crippen LogP contribution in [0.4, 0.5) is 0 Å². The van der Waals surface area contributed by atoms with Gasteiger partial charge in [-0.2, -0.15) is 5.10 Å². The third-order valence-corrected chi connectivity index (χ3v) is 6.52. The molecular weight excluding hydrogens is 346 g/mol. The van der Waals surface area contributed by atoms with Crippen molar-refractivity contribution >= 4 is 11.0 Å². The van der Waals surface area contributed by atoms with Crippen molar-refractivity contribution in [2.45, 2.75) is 46.1 Å². The van der Waals surface area contributed by atoms with E-state index in [1.165, 1.54) is 54.4 Å². The minimum absolute atomic E-state index is 0.634. The molecule has 0 amide bonds. The Labute approximate surface area is 167 Å². The zero-order valence-electron chi connectivity index (χ0n) is 17.1. The monoisotopic (exact) mass is 377 g/mol. The van der Waals surface area contributed by atoms with E-state index in [1.54, 1.807) is 0 Å². The SMILES string of the molecule is CC(C)Cc1cnc2[nH]cc(-c3cnn(CCN4CCC5C[C@H]5CC4)c3)c2c1. The summed E-state index contributed by atoms with van der Waals surface area (Å²) in [7, 11) is 0. The zero-order valence-corrected chi connectivity index (χ0v) is 17.1. The van der Waals surface area contributed by atoms with E-state index >= 15 is 0 Å². The van der Waals surface area contributed by atoms with E-state index in [0.717, 1.165) is 37.0 Å². The van der Waals surface area contributed by atoms with E-state index < -0.39 is 0 Å². The van der Waals surface area contributed by atoms with Crippen molar-refractivity contribution in [1.29, 1.82) is 0 Å². The molecule has 4 heterocycles. The Morgan fingerprint density at radius 2 is 1.96 bits per heavy atom. The van der Waals surface area contributed by atoms with Gasteiger partial charge in [0.1, 0.15) is 5.65 Å². The molecule has 1 aliphatic carbocycles. The largest absolute Gasteiger partial charge is 0.346 e. The van der Waals surface area contributed by atoms with E-state index in [-0.39, 0.29) is 0 Å².